The van der Waals surface area contributed by atoms with Crippen molar-refractivity contribution in [1.82, 2.24) is 47.0 Å². The predicted octanol–water partition coefficient (Wildman–Crippen LogP) is -3.68. The molecule has 26 heteroatoms. The Morgan fingerprint density at radius 1 is 0.691 bits per heavy atom. The zero-order valence-electron chi connectivity index (χ0n) is 47.6. The molecule has 0 bridgehead atoms. The Morgan fingerprint density at radius 2 is 1.33 bits per heavy atom. The fourth-order valence-electron chi connectivity index (χ4n) is 10.7. The van der Waals surface area contributed by atoms with Gasteiger partial charge in [-0.25, -0.2) is 0 Å². The zero-order chi connectivity index (χ0) is 59.9. The van der Waals surface area contributed by atoms with E-state index in [0.29, 0.717) is 24.8 Å². The Hall–Kier alpha value is -4.97. The lowest BCUT2D eigenvalue weighted by molar-refractivity contribution is -0.148. The van der Waals surface area contributed by atoms with Crippen LogP contribution in [0.1, 0.15) is 129 Å². The van der Waals surface area contributed by atoms with Crippen LogP contribution in [0.5, 0.6) is 5.75 Å². The molecule has 0 aromatic heterocycles. The number of benzene rings is 1. The number of nitrogens with two attached hydrogens (primary N) is 2. The highest BCUT2D eigenvalue weighted by Gasteiger charge is 2.49. The van der Waals surface area contributed by atoms with Gasteiger partial charge in [0.25, 0.3) is 0 Å². The average Bonchev–Trinajstić information content (AvgIpc) is 4.17. The SMILES string of the molecule is CCC(C)CC(C)CCCCCCCCC(=O)CNC1C[C@@H](O)C(NCCNCCN)NC(=O)C2[C@@H](O)CCN2C(=O)C([C@H](O)CCN)NC(=O)C([C@H](O)[C@@H](O)c2ccc(O)cc2)NC(=O)C2C[C@@H](O)CN2C(=O)C([C@@H](C)O)NC1=O. The molecular weight excluding hydrogens is 1050 g/mol. The van der Waals surface area contributed by atoms with Crippen molar-refractivity contribution < 1.29 is 74.4 Å². The molecule has 0 spiro atoms. The first-order chi connectivity index (χ1) is 38.5. The van der Waals surface area contributed by atoms with Crippen LogP contribution in [0.15, 0.2) is 24.3 Å². The van der Waals surface area contributed by atoms with E-state index in [9.17, 15) is 74.4 Å². The number of Topliss-reactive ketones (excluding diaryl/α,β-unsaturated/α-hetero) is 1. The number of hydrogen-bond donors (Lipinski definition) is 17. The third-order valence-electron chi connectivity index (χ3n) is 15.6. The fourth-order valence-corrected chi connectivity index (χ4v) is 10.7. The minimum absolute atomic E-state index is 0.0557. The van der Waals surface area contributed by atoms with Gasteiger partial charge in [0.2, 0.25) is 35.4 Å². The smallest absolute Gasteiger partial charge is 0.248 e. The summed E-state index contributed by atoms with van der Waals surface area (Å²) in [6.45, 7) is 7.53. The summed E-state index contributed by atoms with van der Waals surface area (Å²) in [5.74, 6) is -5.92. The Labute approximate surface area is 475 Å². The van der Waals surface area contributed by atoms with Gasteiger partial charge in [-0.1, -0.05) is 77.8 Å². The number of phenols is 1. The monoisotopic (exact) mass is 1150 g/mol. The minimum atomic E-state index is -2.28. The summed E-state index contributed by atoms with van der Waals surface area (Å²) < 4.78 is 0. The van der Waals surface area contributed by atoms with Crippen LogP contribution in [0.3, 0.4) is 0 Å². The number of nitrogens with one attached hydrogen (secondary N) is 7. The number of aliphatic hydroxyl groups is 7. The highest BCUT2D eigenvalue weighted by molar-refractivity contribution is 5.98. The molecule has 4 rings (SSSR count). The number of phenolic OH excluding ortho intramolecular Hbond substituents is 1. The molecule has 19 N–H and O–H groups in total. The molecule has 3 heterocycles. The van der Waals surface area contributed by atoms with Gasteiger partial charge in [0, 0.05) is 58.5 Å². The molecule has 81 heavy (non-hydrogen) atoms. The molecule has 3 saturated heterocycles. The second-order valence-corrected chi connectivity index (χ2v) is 22.4. The number of ketones is 1. The molecule has 9 unspecified atom stereocenters. The van der Waals surface area contributed by atoms with Crippen molar-refractivity contribution in [2.75, 3.05) is 52.4 Å². The lowest BCUT2D eigenvalue weighted by atomic mass is 9.91. The van der Waals surface area contributed by atoms with Crippen molar-refractivity contribution in [1.29, 1.82) is 0 Å². The van der Waals surface area contributed by atoms with E-state index in [-0.39, 0.29) is 75.6 Å². The van der Waals surface area contributed by atoms with Gasteiger partial charge < -0.3 is 88.7 Å². The number of aromatic hydroxyl groups is 1. The number of rotatable bonds is 28. The number of carbonyl (C=O) groups is 7. The lowest BCUT2D eigenvalue weighted by Gasteiger charge is -2.35. The average molecular weight is 1150 g/mol. The number of hydrogen-bond acceptors (Lipinski definition) is 20. The van der Waals surface area contributed by atoms with Crippen LogP contribution in [-0.4, -0.2) is 223 Å². The van der Waals surface area contributed by atoms with Crippen molar-refractivity contribution in [3.63, 3.8) is 0 Å². The van der Waals surface area contributed by atoms with Crippen LogP contribution in [0.4, 0.5) is 0 Å². The third-order valence-corrected chi connectivity index (χ3v) is 15.6. The van der Waals surface area contributed by atoms with Crippen LogP contribution >= 0.6 is 0 Å². The molecular formula is C55H95N11O15. The number of unbranched alkanes of at least 4 members (excludes halogenated alkanes) is 5. The van der Waals surface area contributed by atoms with E-state index in [1.807, 2.05) is 0 Å². The van der Waals surface area contributed by atoms with Crippen molar-refractivity contribution in [3.8, 4) is 5.75 Å². The fraction of sp³-hybridized carbons (Fsp3) is 0.764. The normalized spacial score (nSPS) is 27.9. The molecule has 16 atom stereocenters. The van der Waals surface area contributed by atoms with E-state index in [0.717, 1.165) is 41.9 Å². The summed E-state index contributed by atoms with van der Waals surface area (Å²) in [6.07, 6.45) is -6.08. The summed E-state index contributed by atoms with van der Waals surface area (Å²) in [4.78, 5) is 102. The van der Waals surface area contributed by atoms with E-state index < -0.39 is 140 Å². The maximum Gasteiger partial charge on any atom is 0.248 e. The van der Waals surface area contributed by atoms with E-state index in [2.05, 4.69) is 58.0 Å². The number of aliphatic hydroxyl groups excluding tert-OH is 7. The Morgan fingerprint density at radius 3 is 1.99 bits per heavy atom. The zero-order valence-corrected chi connectivity index (χ0v) is 47.6. The molecule has 1 aromatic rings. The molecule has 0 aliphatic carbocycles. The van der Waals surface area contributed by atoms with Crippen molar-refractivity contribution in [3.05, 3.63) is 29.8 Å². The molecule has 0 radical (unpaired) electrons. The summed E-state index contributed by atoms with van der Waals surface area (Å²) in [5.41, 5.74) is 11.4. The van der Waals surface area contributed by atoms with Gasteiger partial charge in [-0.15, -0.1) is 0 Å². The van der Waals surface area contributed by atoms with Gasteiger partial charge in [-0.3, -0.25) is 44.2 Å². The predicted molar refractivity (Wildman–Crippen MR) is 298 cm³/mol. The van der Waals surface area contributed by atoms with Crippen LogP contribution in [-0.2, 0) is 33.6 Å². The molecule has 1 aromatic carbocycles. The van der Waals surface area contributed by atoms with Crippen LogP contribution in [0.2, 0.25) is 0 Å². The molecule has 26 nitrogen and oxygen atoms in total. The largest absolute Gasteiger partial charge is 0.508 e. The summed E-state index contributed by atoms with van der Waals surface area (Å²) in [6, 6.07) is -6.20. The number of nitrogens with zero attached hydrogens (tertiary/aromatic N) is 2. The van der Waals surface area contributed by atoms with Gasteiger partial charge in [0.1, 0.15) is 60.1 Å². The topological polar surface area (TPSA) is 424 Å². The number of carbonyl (C=O) groups excluding carboxylic acids is 7. The van der Waals surface area contributed by atoms with Gasteiger partial charge in [0.15, 0.2) is 0 Å². The lowest BCUT2D eigenvalue weighted by Crippen LogP contribution is -2.65. The number of amides is 6. The van der Waals surface area contributed by atoms with E-state index in [4.69, 9.17) is 11.5 Å². The van der Waals surface area contributed by atoms with Crippen molar-refractivity contribution >= 4 is 41.2 Å². The Bertz CT molecular complexity index is 2150. The Kier molecular flexibility index (Phi) is 29.3. The van der Waals surface area contributed by atoms with Crippen LogP contribution < -0.4 is 48.7 Å². The standard InChI is InChI=1S/C55H95N11O15/c1-5-31(2)26-32(3)12-10-8-6-7-9-11-13-36(69)29-60-38-28-42(73)49(59-24-23-58-22-21-57)64-53(79)46-41(72)19-25-65(46)55(81)44(40(71)18-20-56)62-52(78)45(48(75)47(74)34-14-16-35(68)17-15-34)63-51(77)39-27-37(70)30-66(39)54(80)43(33(4)67)61-50(38)76/h14-17,31-33,37-49,58-60,67-68,70-75H,5-13,18-30,56-57H2,1-4H3,(H,61,76)(H,62,78)(H,63,77)(H,64,79)/t31?,32?,33-,37-,38?,39?,40-,41+,42-,43?,44?,45?,46?,47+,48+,49?/m1/s1. The molecule has 6 amide bonds. The molecule has 460 valence electrons. The maximum atomic E-state index is 14.7. The van der Waals surface area contributed by atoms with E-state index in [1.165, 1.54) is 50.5 Å². The second kappa shape index (κ2) is 34.6. The molecule has 3 aliphatic rings. The first kappa shape index (κ1) is 68.5. The summed E-state index contributed by atoms with van der Waals surface area (Å²) >= 11 is 0. The molecule has 3 aliphatic heterocycles. The molecule has 0 saturated carbocycles. The van der Waals surface area contributed by atoms with Gasteiger partial charge in [0.05, 0.1) is 43.1 Å². The summed E-state index contributed by atoms with van der Waals surface area (Å²) in [7, 11) is 0. The second-order valence-electron chi connectivity index (χ2n) is 22.4. The van der Waals surface area contributed by atoms with Crippen molar-refractivity contribution in [2.45, 2.75) is 203 Å². The number of fused-ring (bicyclic) bond motifs is 2. The van der Waals surface area contributed by atoms with Gasteiger partial charge >= 0.3 is 0 Å². The highest BCUT2D eigenvalue weighted by atomic mass is 16.3. The minimum Gasteiger partial charge on any atom is -0.508 e. The van der Waals surface area contributed by atoms with E-state index >= 15 is 0 Å². The van der Waals surface area contributed by atoms with Crippen LogP contribution in [0.25, 0.3) is 0 Å². The van der Waals surface area contributed by atoms with E-state index in [1.54, 1.807) is 0 Å². The highest BCUT2D eigenvalue weighted by Crippen LogP contribution is 2.27. The maximum absolute atomic E-state index is 14.7. The molecule has 3 fully saturated rings. The van der Waals surface area contributed by atoms with Gasteiger partial charge in [-0.05, 0) is 68.7 Å². The van der Waals surface area contributed by atoms with Crippen molar-refractivity contribution in [2.24, 2.45) is 23.3 Å². The first-order valence-corrected chi connectivity index (χ1v) is 29.0. The Balaban J connectivity index is 1.73. The first-order valence-electron chi connectivity index (χ1n) is 29.0. The van der Waals surface area contributed by atoms with Gasteiger partial charge in [-0.2, -0.15) is 0 Å². The van der Waals surface area contributed by atoms with Crippen LogP contribution in [0, 0.1) is 11.8 Å². The third kappa shape index (κ3) is 21.0. The summed E-state index contributed by atoms with van der Waals surface area (Å²) in [5, 5.41) is 109. The quantitative estimate of drug-likeness (QED) is 0.0359.